The van der Waals surface area contributed by atoms with Crippen LogP contribution in [0.25, 0.3) is 11.3 Å². The first-order valence-corrected chi connectivity index (χ1v) is 4.75. The van der Waals surface area contributed by atoms with Crippen molar-refractivity contribution in [1.29, 1.82) is 0 Å². The van der Waals surface area contributed by atoms with E-state index >= 15 is 0 Å². The highest BCUT2D eigenvalue weighted by atomic mass is 19.2. The maximum Gasteiger partial charge on any atom is 0.159 e. The van der Waals surface area contributed by atoms with Crippen LogP contribution in [0.1, 0.15) is 5.56 Å². The first kappa shape index (κ1) is 10.6. The van der Waals surface area contributed by atoms with Crippen LogP contribution in [-0.4, -0.2) is 9.78 Å². The topological polar surface area (TPSA) is 43.8 Å². The standard InChI is InChI=1S/C11H11F2N3/c1-6-10(16(2)15-11(6)14)7-3-4-8(12)9(13)5-7/h3-5H,1-2H3,(H2,14,15). The summed E-state index contributed by atoms with van der Waals surface area (Å²) >= 11 is 0. The molecular weight excluding hydrogens is 212 g/mol. The molecule has 0 atom stereocenters. The molecule has 0 fully saturated rings. The number of nitrogen functional groups attached to an aromatic ring is 1. The second-order valence-corrected chi connectivity index (χ2v) is 3.61. The summed E-state index contributed by atoms with van der Waals surface area (Å²) in [6.45, 7) is 1.79. The van der Waals surface area contributed by atoms with E-state index in [1.165, 1.54) is 6.07 Å². The van der Waals surface area contributed by atoms with Crippen molar-refractivity contribution in [2.75, 3.05) is 5.73 Å². The molecule has 0 radical (unpaired) electrons. The molecule has 2 N–H and O–H groups in total. The van der Waals surface area contributed by atoms with Crippen LogP contribution in [0.3, 0.4) is 0 Å². The van der Waals surface area contributed by atoms with E-state index < -0.39 is 11.6 Å². The number of nitrogens with zero attached hydrogens (tertiary/aromatic N) is 2. The van der Waals surface area contributed by atoms with Gasteiger partial charge in [0, 0.05) is 18.2 Å². The second kappa shape index (κ2) is 3.59. The van der Waals surface area contributed by atoms with Crippen molar-refractivity contribution in [3.8, 4) is 11.3 Å². The van der Waals surface area contributed by atoms with Crippen molar-refractivity contribution in [2.45, 2.75) is 6.92 Å². The zero-order valence-corrected chi connectivity index (χ0v) is 8.96. The van der Waals surface area contributed by atoms with Gasteiger partial charge in [0.1, 0.15) is 5.82 Å². The summed E-state index contributed by atoms with van der Waals surface area (Å²) in [7, 11) is 1.71. The fraction of sp³-hybridized carbons (Fsp3) is 0.182. The van der Waals surface area contributed by atoms with Gasteiger partial charge in [0.15, 0.2) is 11.6 Å². The van der Waals surface area contributed by atoms with Crippen molar-refractivity contribution < 1.29 is 8.78 Å². The number of hydrogen-bond donors (Lipinski definition) is 1. The molecule has 2 aromatic rings. The van der Waals surface area contributed by atoms with E-state index in [4.69, 9.17) is 5.73 Å². The van der Waals surface area contributed by atoms with E-state index in [9.17, 15) is 8.78 Å². The minimum atomic E-state index is -0.878. The Kier molecular flexibility index (Phi) is 2.38. The van der Waals surface area contributed by atoms with Crippen LogP contribution in [0.5, 0.6) is 0 Å². The summed E-state index contributed by atoms with van der Waals surface area (Å²) in [6, 6.07) is 3.73. The van der Waals surface area contributed by atoms with Gasteiger partial charge >= 0.3 is 0 Å². The second-order valence-electron chi connectivity index (χ2n) is 3.61. The maximum absolute atomic E-state index is 13.1. The number of halogens is 2. The molecule has 0 aliphatic carbocycles. The van der Waals surface area contributed by atoms with Crippen LogP contribution in [-0.2, 0) is 7.05 Å². The Labute approximate surface area is 91.5 Å². The van der Waals surface area contributed by atoms with Crippen LogP contribution in [0.2, 0.25) is 0 Å². The molecule has 0 saturated heterocycles. The van der Waals surface area contributed by atoms with E-state index in [0.29, 0.717) is 17.1 Å². The number of anilines is 1. The summed E-state index contributed by atoms with van der Waals surface area (Å²) in [5.41, 5.74) is 7.65. The predicted octanol–water partition coefficient (Wildman–Crippen LogP) is 2.26. The van der Waals surface area contributed by atoms with Gasteiger partial charge < -0.3 is 5.73 Å². The SMILES string of the molecule is Cc1c(N)nn(C)c1-c1ccc(F)c(F)c1. The molecule has 1 aromatic heterocycles. The van der Waals surface area contributed by atoms with Crippen LogP contribution < -0.4 is 5.73 Å². The molecule has 0 aliphatic rings. The molecule has 0 amide bonds. The quantitative estimate of drug-likeness (QED) is 0.805. The average Bonchev–Trinajstić information content (AvgIpc) is 2.47. The van der Waals surface area contributed by atoms with Gasteiger partial charge in [-0.1, -0.05) is 0 Å². The molecule has 1 aromatic carbocycles. The fourth-order valence-corrected chi connectivity index (χ4v) is 1.70. The largest absolute Gasteiger partial charge is 0.382 e. The third kappa shape index (κ3) is 1.54. The van der Waals surface area contributed by atoms with Crippen LogP contribution in [0.4, 0.5) is 14.6 Å². The molecular formula is C11H11F2N3. The third-order valence-electron chi connectivity index (χ3n) is 2.51. The number of aryl methyl sites for hydroxylation is 1. The molecule has 16 heavy (non-hydrogen) atoms. The van der Waals surface area contributed by atoms with E-state index in [1.807, 2.05) is 0 Å². The monoisotopic (exact) mass is 223 g/mol. The van der Waals surface area contributed by atoms with E-state index in [2.05, 4.69) is 5.10 Å². The Morgan fingerprint density at radius 2 is 1.94 bits per heavy atom. The lowest BCUT2D eigenvalue weighted by Gasteiger charge is -2.04. The summed E-state index contributed by atoms with van der Waals surface area (Å²) in [5, 5.41) is 4.02. The zero-order chi connectivity index (χ0) is 11.9. The predicted molar refractivity (Wildman–Crippen MR) is 57.7 cm³/mol. The average molecular weight is 223 g/mol. The Morgan fingerprint density at radius 3 is 2.44 bits per heavy atom. The van der Waals surface area contributed by atoms with Gasteiger partial charge in [0.2, 0.25) is 0 Å². The van der Waals surface area contributed by atoms with Crippen molar-refractivity contribution in [3.63, 3.8) is 0 Å². The maximum atomic E-state index is 13.1. The Balaban J connectivity index is 2.63. The third-order valence-corrected chi connectivity index (χ3v) is 2.51. The van der Waals surface area contributed by atoms with E-state index in [-0.39, 0.29) is 0 Å². The molecule has 0 bridgehead atoms. The molecule has 2 rings (SSSR count). The minimum absolute atomic E-state index is 0.391. The van der Waals surface area contributed by atoms with Gasteiger partial charge in [-0.2, -0.15) is 5.10 Å². The smallest absolute Gasteiger partial charge is 0.159 e. The Morgan fingerprint density at radius 1 is 1.25 bits per heavy atom. The van der Waals surface area contributed by atoms with E-state index in [1.54, 1.807) is 18.7 Å². The van der Waals surface area contributed by atoms with Crippen molar-refractivity contribution in [3.05, 3.63) is 35.4 Å². The van der Waals surface area contributed by atoms with E-state index in [0.717, 1.165) is 17.7 Å². The summed E-state index contributed by atoms with van der Waals surface area (Å²) in [6.07, 6.45) is 0. The number of hydrogen-bond acceptors (Lipinski definition) is 2. The molecule has 3 nitrogen and oxygen atoms in total. The van der Waals surface area contributed by atoms with Crippen LogP contribution in [0, 0.1) is 18.6 Å². The summed E-state index contributed by atoms with van der Waals surface area (Å²) in [5.74, 6) is -1.35. The highest BCUT2D eigenvalue weighted by molar-refractivity contribution is 5.68. The first-order valence-electron chi connectivity index (χ1n) is 4.75. The minimum Gasteiger partial charge on any atom is -0.382 e. The zero-order valence-electron chi connectivity index (χ0n) is 8.96. The summed E-state index contributed by atoms with van der Waals surface area (Å²) in [4.78, 5) is 0. The van der Waals surface area contributed by atoms with Gasteiger partial charge in [-0.3, -0.25) is 4.68 Å². The Hall–Kier alpha value is -1.91. The lowest BCUT2D eigenvalue weighted by molar-refractivity contribution is 0.509. The normalized spacial score (nSPS) is 10.8. The number of benzene rings is 1. The molecule has 0 saturated carbocycles. The summed E-state index contributed by atoms with van der Waals surface area (Å²) < 4.78 is 27.5. The molecule has 0 unspecified atom stereocenters. The highest BCUT2D eigenvalue weighted by Crippen LogP contribution is 2.27. The van der Waals surface area contributed by atoms with Crippen molar-refractivity contribution in [1.82, 2.24) is 9.78 Å². The molecule has 1 heterocycles. The van der Waals surface area contributed by atoms with Gasteiger partial charge in [-0.05, 0) is 25.1 Å². The molecule has 5 heteroatoms. The number of aromatic nitrogens is 2. The van der Waals surface area contributed by atoms with Crippen molar-refractivity contribution in [2.24, 2.45) is 7.05 Å². The highest BCUT2D eigenvalue weighted by Gasteiger charge is 2.13. The fourth-order valence-electron chi connectivity index (χ4n) is 1.70. The van der Waals surface area contributed by atoms with Crippen LogP contribution in [0.15, 0.2) is 18.2 Å². The molecule has 0 aliphatic heterocycles. The first-order chi connectivity index (χ1) is 7.50. The van der Waals surface area contributed by atoms with Crippen LogP contribution >= 0.6 is 0 Å². The molecule has 84 valence electrons. The number of rotatable bonds is 1. The lowest BCUT2D eigenvalue weighted by Crippen LogP contribution is -1.95. The van der Waals surface area contributed by atoms with Gasteiger partial charge in [0.05, 0.1) is 5.69 Å². The lowest BCUT2D eigenvalue weighted by atomic mass is 10.1. The van der Waals surface area contributed by atoms with Gasteiger partial charge in [0.25, 0.3) is 0 Å². The Bertz CT molecular complexity index is 546. The van der Waals surface area contributed by atoms with Crippen molar-refractivity contribution >= 4 is 5.82 Å². The van der Waals surface area contributed by atoms with Gasteiger partial charge in [-0.15, -0.1) is 0 Å². The molecule has 0 spiro atoms. The number of nitrogens with two attached hydrogens (primary N) is 1. The van der Waals surface area contributed by atoms with Gasteiger partial charge in [-0.25, -0.2) is 8.78 Å².